The van der Waals surface area contributed by atoms with E-state index in [4.69, 9.17) is 0 Å². The molecule has 6 heteroatoms. The third kappa shape index (κ3) is 2.21. The summed E-state index contributed by atoms with van der Waals surface area (Å²) in [6, 6.07) is -0.415. The van der Waals surface area contributed by atoms with Crippen LogP contribution in [0.5, 0.6) is 0 Å². The molecule has 2 amide bonds. The molecule has 1 aliphatic rings. The van der Waals surface area contributed by atoms with Crippen LogP contribution in [0.15, 0.2) is 0 Å². The van der Waals surface area contributed by atoms with E-state index in [9.17, 15) is 9.59 Å². The number of rotatable bonds is 3. The largest absolute Gasteiger partial charge is 0.301 e. The highest BCUT2D eigenvalue weighted by molar-refractivity contribution is 6.05. The Balaban J connectivity index is 2.03. The van der Waals surface area contributed by atoms with Crippen molar-refractivity contribution in [2.75, 3.05) is 0 Å². The van der Waals surface area contributed by atoms with Gasteiger partial charge in [-0.25, -0.2) is 0 Å². The van der Waals surface area contributed by atoms with E-state index in [2.05, 4.69) is 15.7 Å². The molecule has 2 N–H and O–H groups in total. The summed E-state index contributed by atoms with van der Waals surface area (Å²) in [6.45, 7) is 4.47. The first-order chi connectivity index (χ1) is 7.99. The number of hydrogen-bond acceptors (Lipinski definition) is 4. The Morgan fingerprint density at radius 3 is 2.65 bits per heavy atom. The molecular weight excluding hydrogens is 220 g/mol. The highest BCUT2D eigenvalue weighted by atomic mass is 16.2. The van der Waals surface area contributed by atoms with Crippen LogP contribution in [0.1, 0.15) is 23.4 Å². The summed E-state index contributed by atoms with van der Waals surface area (Å²) in [5.74, 6) is -0.457. The van der Waals surface area contributed by atoms with Gasteiger partial charge in [-0.2, -0.15) is 5.10 Å². The van der Waals surface area contributed by atoms with Crippen LogP contribution in [0.2, 0.25) is 0 Å². The average molecular weight is 236 g/mol. The Morgan fingerprint density at radius 1 is 1.47 bits per heavy atom. The fourth-order valence-electron chi connectivity index (χ4n) is 2.02. The minimum absolute atomic E-state index is 0.216. The number of aryl methyl sites for hydroxylation is 2. The summed E-state index contributed by atoms with van der Waals surface area (Å²) >= 11 is 0. The third-order valence-electron chi connectivity index (χ3n) is 3.15. The van der Waals surface area contributed by atoms with Crippen molar-refractivity contribution in [3.05, 3.63) is 17.0 Å². The van der Waals surface area contributed by atoms with Crippen LogP contribution in [0.25, 0.3) is 0 Å². The van der Waals surface area contributed by atoms with Gasteiger partial charge >= 0.3 is 0 Å². The van der Waals surface area contributed by atoms with E-state index in [-0.39, 0.29) is 18.2 Å². The van der Waals surface area contributed by atoms with Gasteiger partial charge in [0, 0.05) is 24.8 Å². The maximum atomic E-state index is 11.4. The van der Waals surface area contributed by atoms with Gasteiger partial charge in [0.1, 0.15) is 0 Å². The number of aromatic nitrogens is 2. The van der Waals surface area contributed by atoms with Crippen LogP contribution in [0, 0.1) is 13.8 Å². The number of amides is 2. The number of nitrogens with one attached hydrogen (secondary N) is 2. The van der Waals surface area contributed by atoms with Crippen LogP contribution in [0.3, 0.4) is 0 Å². The summed E-state index contributed by atoms with van der Waals surface area (Å²) in [7, 11) is 1.89. The molecule has 1 aliphatic heterocycles. The fraction of sp³-hybridized carbons (Fsp3) is 0.545. The van der Waals surface area contributed by atoms with Gasteiger partial charge in [-0.15, -0.1) is 0 Å². The van der Waals surface area contributed by atoms with Crippen LogP contribution in [0.4, 0.5) is 0 Å². The zero-order chi connectivity index (χ0) is 12.6. The first kappa shape index (κ1) is 11.8. The lowest BCUT2D eigenvalue weighted by Gasteiger charge is -2.09. The first-order valence-corrected chi connectivity index (χ1v) is 5.55. The minimum Gasteiger partial charge on any atom is -0.301 e. The topological polar surface area (TPSA) is 76.0 Å². The predicted octanol–water partition coefficient (Wildman–Crippen LogP) is -0.458. The third-order valence-corrected chi connectivity index (χ3v) is 3.15. The van der Waals surface area contributed by atoms with E-state index in [0.29, 0.717) is 6.54 Å². The molecule has 1 aromatic rings. The van der Waals surface area contributed by atoms with Crippen LogP contribution in [-0.2, 0) is 23.2 Å². The van der Waals surface area contributed by atoms with Crippen molar-refractivity contribution in [2.45, 2.75) is 32.9 Å². The second-order valence-electron chi connectivity index (χ2n) is 4.32. The van der Waals surface area contributed by atoms with Gasteiger partial charge in [0.25, 0.3) is 0 Å². The Morgan fingerprint density at radius 2 is 2.18 bits per heavy atom. The zero-order valence-electron chi connectivity index (χ0n) is 10.2. The molecule has 1 atom stereocenters. The van der Waals surface area contributed by atoms with Crippen molar-refractivity contribution in [2.24, 2.45) is 7.05 Å². The van der Waals surface area contributed by atoms with E-state index in [1.165, 1.54) is 0 Å². The molecule has 17 heavy (non-hydrogen) atoms. The number of carbonyl (C=O) groups excluding carboxylic acids is 2. The molecule has 6 nitrogen and oxygen atoms in total. The van der Waals surface area contributed by atoms with Gasteiger partial charge in [-0.1, -0.05) is 0 Å². The molecule has 92 valence electrons. The van der Waals surface area contributed by atoms with Crippen molar-refractivity contribution in [1.29, 1.82) is 0 Å². The fourth-order valence-corrected chi connectivity index (χ4v) is 2.02. The van der Waals surface area contributed by atoms with Crippen LogP contribution < -0.4 is 10.6 Å². The van der Waals surface area contributed by atoms with E-state index in [0.717, 1.165) is 17.0 Å². The van der Waals surface area contributed by atoms with Gasteiger partial charge in [0.05, 0.1) is 18.2 Å². The molecule has 0 radical (unpaired) electrons. The number of nitrogens with zero attached hydrogens (tertiary/aromatic N) is 2. The van der Waals surface area contributed by atoms with E-state index in [1.807, 2.05) is 25.6 Å². The van der Waals surface area contributed by atoms with Gasteiger partial charge < -0.3 is 5.32 Å². The standard InChI is InChI=1S/C11H16N4O2/c1-6-8(7(2)15(3)14-6)5-12-9-4-10(16)13-11(9)17/h9,12H,4-5H2,1-3H3,(H,13,16,17). The van der Waals surface area contributed by atoms with Crippen molar-refractivity contribution >= 4 is 11.8 Å². The second-order valence-corrected chi connectivity index (χ2v) is 4.32. The maximum Gasteiger partial charge on any atom is 0.244 e. The maximum absolute atomic E-state index is 11.4. The molecule has 2 heterocycles. The van der Waals surface area contributed by atoms with E-state index in [1.54, 1.807) is 0 Å². The van der Waals surface area contributed by atoms with E-state index < -0.39 is 6.04 Å². The minimum atomic E-state index is -0.415. The quantitative estimate of drug-likeness (QED) is 0.696. The highest BCUT2D eigenvalue weighted by Gasteiger charge is 2.30. The van der Waals surface area contributed by atoms with Crippen molar-refractivity contribution in [3.8, 4) is 0 Å². The molecule has 1 aromatic heterocycles. The monoisotopic (exact) mass is 236 g/mol. The second kappa shape index (κ2) is 4.29. The molecule has 2 rings (SSSR count). The van der Waals surface area contributed by atoms with E-state index >= 15 is 0 Å². The molecular formula is C11H16N4O2. The number of imide groups is 1. The molecule has 0 saturated carbocycles. The SMILES string of the molecule is Cc1nn(C)c(C)c1CNC1CC(=O)NC1=O. The summed E-state index contributed by atoms with van der Waals surface area (Å²) < 4.78 is 1.81. The summed E-state index contributed by atoms with van der Waals surface area (Å²) in [4.78, 5) is 22.4. The molecule has 1 unspecified atom stereocenters. The van der Waals surface area contributed by atoms with Gasteiger partial charge in [0.15, 0.2) is 0 Å². The summed E-state index contributed by atoms with van der Waals surface area (Å²) in [5.41, 5.74) is 3.10. The highest BCUT2D eigenvalue weighted by Crippen LogP contribution is 2.12. The Bertz CT molecular complexity index is 478. The lowest BCUT2D eigenvalue weighted by atomic mass is 10.1. The average Bonchev–Trinajstić information content (AvgIpc) is 2.67. The van der Waals surface area contributed by atoms with Crippen LogP contribution in [-0.4, -0.2) is 27.6 Å². The predicted molar refractivity (Wildman–Crippen MR) is 61.1 cm³/mol. The zero-order valence-corrected chi connectivity index (χ0v) is 10.2. The van der Waals surface area contributed by atoms with Crippen molar-refractivity contribution in [1.82, 2.24) is 20.4 Å². The van der Waals surface area contributed by atoms with Crippen molar-refractivity contribution in [3.63, 3.8) is 0 Å². The Kier molecular flexibility index (Phi) is 2.97. The molecule has 0 spiro atoms. The van der Waals surface area contributed by atoms with Crippen molar-refractivity contribution < 1.29 is 9.59 Å². The molecule has 0 aliphatic carbocycles. The molecule has 1 fully saturated rings. The first-order valence-electron chi connectivity index (χ1n) is 5.55. The van der Waals surface area contributed by atoms with Crippen LogP contribution >= 0.6 is 0 Å². The smallest absolute Gasteiger partial charge is 0.244 e. The Hall–Kier alpha value is -1.69. The number of carbonyl (C=O) groups is 2. The number of hydrogen-bond donors (Lipinski definition) is 2. The lowest BCUT2D eigenvalue weighted by molar-refractivity contribution is -0.125. The molecule has 0 aromatic carbocycles. The van der Waals surface area contributed by atoms with Gasteiger partial charge in [-0.05, 0) is 13.8 Å². The van der Waals surface area contributed by atoms with Gasteiger partial charge in [-0.3, -0.25) is 19.6 Å². The normalized spacial score (nSPS) is 19.8. The molecule has 1 saturated heterocycles. The van der Waals surface area contributed by atoms with Gasteiger partial charge in [0.2, 0.25) is 11.8 Å². The lowest BCUT2D eigenvalue weighted by Crippen LogP contribution is -2.36. The summed E-state index contributed by atoms with van der Waals surface area (Å²) in [5, 5.41) is 9.66. The summed E-state index contributed by atoms with van der Waals surface area (Å²) in [6.07, 6.45) is 0.219. The molecule has 0 bridgehead atoms. The Labute approximate surface area is 99.4 Å².